The second kappa shape index (κ2) is 19.8. The van der Waals surface area contributed by atoms with Gasteiger partial charge in [-0.2, -0.15) is 0 Å². The molecule has 1 aliphatic rings. The molecule has 0 bridgehead atoms. The molecule has 0 unspecified atom stereocenters. The number of hydrogen-bond donors (Lipinski definition) is 0. The summed E-state index contributed by atoms with van der Waals surface area (Å²) in [5, 5.41) is 6.34. The van der Waals surface area contributed by atoms with E-state index in [1.807, 2.05) is 0 Å². The minimum atomic E-state index is -2.85. The predicted molar refractivity (Wildman–Crippen MR) is 218 cm³/mol. The first-order valence-electron chi connectivity index (χ1n) is 19.3. The number of rotatable bonds is 12. The van der Waals surface area contributed by atoms with Gasteiger partial charge in [0, 0.05) is 0 Å². The normalized spacial score (nSPS) is 13.2. The van der Waals surface area contributed by atoms with Crippen molar-refractivity contribution in [3.63, 3.8) is 0 Å². The summed E-state index contributed by atoms with van der Waals surface area (Å²) in [4.78, 5) is 0. The monoisotopic (exact) mass is 818 g/mol. The van der Waals surface area contributed by atoms with Crippen molar-refractivity contribution in [1.82, 2.24) is 0 Å². The van der Waals surface area contributed by atoms with E-state index < -0.39 is 8.07 Å². The van der Waals surface area contributed by atoms with E-state index >= 15 is 0 Å². The van der Waals surface area contributed by atoms with Crippen molar-refractivity contribution in [2.75, 3.05) is 0 Å². The molecule has 282 valence electrons. The summed E-state index contributed by atoms with van der Waals surface area (Å²) in [5.74, 6) is 2.70. The summed E-state index contributed by atoms with van der Waals surface area (Å²) in [6.07, 6.45) is 4.58. The smallest absolute Gasteiger partial charge is 1.00 e. The van der Waals surface area contributed by atoms with Gasteiger partial charge in [0.2, 0.25) is 0 Å². The molecular weight excluding hydrogens is 759 g/mol. The molecule has 0 aliphatic heterocycles. The van der Waals surface area contributed by atoms with Crippen LogP contribution in [0.3, 0.4) is 0 Å². The Morgan fingerprint density at radius 1 is 0.472 bits per heavy atom. The minimum absolute atomic E-state index is 0. The fourth-order valence-electron chi connectivity index (χ4n) is 7.64. The number of benzene rings is 4. The van der Waals surface area contributed by atoms with E-state index in [9.17, 15) is 0 Å². The molecule has 0 heterocycles. The summed E-state index contributed by atoms with van der Waals surface area (Å²) in [5.41, 5.74) is 11.7. The predicted octanol–water partition coefficient (Wildman–Crippen LogP) is 2.82. The molecule has 0 spiro atoms. The van der Waals surface area contributed by atoms with Crippen LogP contribution in [0.4, 0.5) is 0 Å². The van der Waals surface area contributed by atoms with E-state index in [2.05, 4.69) is 195 Å². The Hall–Kier alpha value is -1.84. The molecule has 0 aromatic heterocycles. The third-order valence-corrected chi connectivity index (χ3v) is 17.3. The largest absolute Gasteiger partial charge is 1.00 e. The Kier molecular flexibility index (Phi) is 17.7. The average Bonchev–Trinajstić information content (AvgIpc) is 3.44. The Labute approximate surface area is 354 Å². The van der Waals surface area contributed by atoms with E-state index in [0.717, 1.165) is 12.8 Å². The van der Waals surface area contributed by atoms with Crippen molar-refractivity contribution in [1.29, 1.82) is 0 Å². The van der Waals surface area contributed by atoms with Crippen LogP contribution in [0, 0.1) is 0 Å². The van der Waals surface area contributed by atoms with Gasteiger partial charge in [0.05, 0.1) is 0 Å². The second-order valence-corrected chi connectivity index (χ2v) is 21.4. The van der Waals surface area contributed by atoms with Gasteiger partial charge in [-0.25, -0.2) is 0 Å². The fourth-order valence-corrected chi connectivity index (χ4v) is 14.3. The molecule has 0 nitrogen and oxygen atoms in total. The Morgan fingerprint density at radius 2 is 0.774 bits per heavy atom. The Bertz CT molecular complexity index is 1650. The van der Waals surface area contributed by atoms with Crippen molar-refractivity contribution >= 4 is 23.6 Å². The number of allylic oxidation sites excluding steroid dienone is 4. The van der Waals surface area contributed by atoms with Crippen molar-refractivity contribution in [2.24, 2.45) is 0 Å². The zero-order valence-electron chi connectivity index (χ0n) is 34.2. The molecule has 0 amide bonds. The van der Waals surface area contributed by atoms with Crippen LogP contribution in [-0.4, -0.2) is 8.07 Å². The molecule has 5 rings (SSSR count). The van der Waals surface area contributed by atoms with Crippen molar-refractivity contribution < 1.29 is 57.7 Å². The van der Waals surface area contributed by atoms with Crippen LogP contribution in [0.15, 0.2) is 106 Å². The summed E-state index contributed by atoms with van der Waals surface area (Å²) in [6.45, 7) is 28.5. The van der Waals surface area contributed by atoms with E-state index in [1.54, 1.807) is 20.8 Å². The van der Waals surface area contributed by atoms with Crippen LogP contribution in [0.25, 0.3) is 0 Å². The van der Waals surface area contributed by atoms with Crippen molar-refractivity contribution in [3.8, 4) is 0 Å². The summed E-state index contributed by atoms with van der Waals surface area (Å²) in [6, 6.07) is 34.5. The van der Waals surface area contributed by atoms with Crippen LogP contribution >= 0.6 is 0 Å². The topological polar surface area (TPSA) is 0 Å². The van der Waals surface area contributed by atoms with Gasteiger partial charge in [-0.15, -0.1) is 0 Å². The molecule has 1 aliphatic carbocycles. The molecule has 0 radical (unpaired) electrons. The van der Waals surface area contributed by atoms with Gasteiger partial charge >= 0.3 is 320 Å². The molecule has 0 fully saturated rings. The zero-order chi connectivity index (χ0) is 36.5. The SMILES string of the molecule is CC(C)c1cc(C(C)C)cc([Si](C2=[C]([Ti+3])C(Cc3ccccc3)=CC2)(c2cc(C(C)C)cc(C(C)C)c2)c2cc(C(C)C)cc(C(C)C)c2)c1.[Cl-].[Cl-].[Cl-]. The van der Waals surface area contributed by atoms with Gasteiger partial charge in [-0.1, -0.05) is 0 Å². The quantitative estimate of drug-likeness (QED) is 0.153. The van der Waals surface area contributed by atoms with E-state index in [4.69, 9.17) is 0 Å². The maximum Gasteiger partial charge on any atom is -1.00 e. The third-order valence-electron chi connectivity index (χ3n) is 11.1. The third kappa shape index (κ3) is 10.1. The number of hydrogen-bond acceptors (Lipinski definition) is 0. The Morgan fingerprint density at radius 3 is 1.06 bits per heavy atom. The maximum atomic E-state index is 2.65. The Balaban J connectivity index is 0.00000324. The molecular formula is C48H61Cl3SiTi. The molecule has 4 aromatic rings. The van der Waals surface area contributed by atoms with Crippen LogP contribution in [-0.2, 0) is 26.9 Å². The second-order valence-electron chi connectivity index (χ2n) is 16.8. The van der Waals surface area contributed by atoms with E-state index in [1.165, 1.54) is 48.4 Å². The van der Waals surface area contributed by atoms with Crippen LogP contribution in [0.2, 0.25) is 0 Å². The molecule has 4 aromatic carbocycles. The molecule has 0 saturated heterocycles. The van der Waals surface area contributed by atoms with Gasteiger partial charge in [0.25, 0.3) is 0 Å². The van der Waals surface area contributed by atoms with Gasteiger partial charge in [-0.3, -0.25) is 0 Å². The van der Waals surface area contributed by atoms with Crippen molar-refractivity contribution in [3.05, 3.63) is 145 Å². The summed E-state index contributed by atoms with van der Waals surface area (Å²) in [7, 11) is -2.85. The first kappa shape index (κ1) is 47.3. The average molecular weight is 820 g/mol. The molecule has 5 heteroatoms. The van der Waals surface area contributed by atoms with Gasteiger partial charge in [0.15, 0.2) is 0 Å². The number of halogens is 3. The van der Waals surface area contributed by atoms with Crippen LogP contribution in [0.5, 0.6) is 0 Å². The molecule has 53 heavy (non-hydrogen) atoms. The van der Waals surface area contributed by atoms with Crippen molar-refractivity contribution in [2.45, 2.75) is 131 Å². The van der Waals surface area contributed by atoms with E-state index in [0.29, 0.717) is 35.5 Å². The van der Waals surface area contributed by atoms with Crippen LogP contribution < -0.4 is 52.8 Å². The maximum absolute atomic E-state index is 2.85. The fraction of sp³-hybridized carbons (Fsp3) is 0.417. The minimum Gasteiger partial charge on any atom is -1.00 e. The van der Waals surface area contributed by atoms with E-state index in [-0.39, 0.29) is 37.2 Å². The summed E-state index contributed by atoms with van der Waals surface area (Å²) < 4.78 is 1.52. The van der Waals surface area contributed by atoms with Gasteiger partial charge in [-0.05, 0) is 0 Å². The summed E-state index contributed by atoms with van der Waals surface area (Å²) >= 11 is 2.46. The first-order chi connectivity index (χ1) is 23.6. The standard InChI is InChI=1S/C48H61Si.3ClH.Ti/c1-31(2)39-22-40(32(3)4)26-46(25-39)49(47-27-41(33(5)6)23-42(28-47)34(7)8,48-29-43(35(9)10)24-44(30-48)36(11)12)45-19-18-38(21-45)20-37-16-14-13-15-17-37;;;;/h13-18,22-36H,19-20H2,1-12H3;3*1H;/q;;;;+3/p-3. The molecule has 0 N–H and O–H groups in total. The van der Waals surface area contributed by atoms with Gasteiger partial charge in [0.1, 0.15) is 0 Å². The molecule has 0 saturated carbocycles. The molecule has 0 atom stereocenters. The first-order valence-corrected chi connectivity index (χ1v) is 22.1. The van der Waals surface area contributed by atoms with Crippen LogP contribution in [0.1, 0.15) is 164 Å². The zero-order valence-corrected chi connectivity index (χ0v) is 39.0. The van der Waals surface area contributed by atoms with Gasteiger partial charge < -0.3 is 37.2 Å².